The summed E-state index contributed by atoms with van der Waals surface area (Å²) in [6, 6.07) is 10.0. The van der Waals surface area contributed by atoms with Crippen molar-refractivity contribution in [1.29, 1.82) is 0 Å². The maximum absolute atomic E-state index is 13.4. The average molecular weight is 311 g/mol. The van der Waals surface area contributed by atoms with Gasteiger partial charge in [0.05, 0.1) is 10.9 Å². The van der Waals surface area contributed by atoms with Crippen LogP contribution in [0.1, 0.15) is 11.1 Å². The monoisotopic (exact) mass is 310 g/mol. The van der Waals surface area contributed by atoms with Crippen molar-refractivity contribution in [3.63, 3.8) is 0 Å². The van der Waals surface area contributed by atoms with E-state index in [1.165, 1.54) is 30.3 Å². The molecule has 1 unspecified atom stereocenters. The van der Waals surface area contributed by atoms with Crippen molar-refractivity contribution < 1.29 is 18.7 Å². The van der Waals surface area contributed by atoms with Gasteiger partial charge in [-0.1, -0.05) is 29.8 Å². The zero-order chi connectivity index (χ0) is 15.4. The number of carboxylic acid groups (broad SMARTS) is 1. The van der Waals surface area contributed by atoms with E-state index < -0.39 is 23.5 Å². The second-order valence-electron chi connectivity index (χ2n) is 4.82. The van der Waals surface area contributed by atoms with E-state index in [9.17, 15) is 18.7 Å². The predicted molar refractivity (Wildman–Crippen MR) is 76.3 cm³/mol. The molecular weight excluding hydrogens is 298 g/mol. The molecule has 1 N–H and O–H groups in total. The van der Waals surface area contributed by atoms with Gasteiger partial charge in [0.25, 0.3) is 0 Å². The van der Waals surface area contributed by atoms with Gasteiger partial charge in [-0.2, -0.15) is 0 Å². The Morgan fingerprint density at radius 2 is 1.76 bits per heavy atom. The van der Waals surface area contributed by atoms with E-state index >= 15 is 0 Å². The van der Waals surface area contributed by atoms with Crippen molar-refractivity contribution in [2.75, 3.05) is 0 Å². The van der Waals surface area contributed by atoms with Gasteiger partial charge in [0.1, 0.15) is 11.6 Å². The fourth-order valence-corrected chi connectivity index (χ4v) is 2.26. The molecular formula is C16H13ClF2O2. The van der Waals surface area contributed by atoms with Crippen molar-refractivity contribution in [2.45, 2.75) is 12.8 Å². The van der Waals surface area contributed by atoms with Crippen LogP contribution >= 0.6 is 11.6 Å². The lowest BCUT2D eigenvalue weighted by atomic mass is 9.92. The molecule has 5 heteroatoms. The summed E-state index contributed by atoms with van der Waals surface area (Å²) in [6.07, 6.45) is 0.331. The maximum Gasteiger partial charge on any atom is 0.307 e. The summed E-state index contributed by atoms with van der Waals surface area (Å²) in [7, 11) is 0. The molecule has 2 aromatic rings. The van der Waals surface area contributed by atoms with Crippen LogP contribution < -0.4 is 0 Å². The summed E-state index contributed by atoms with van der Waals surface area (Å²) in [5.74, 6) is -2.75. The van der Waals surface area contributed by atoms with Crippen molar-refractivity contribution in [2.24, 2.45) is 5.92 Å². The molecule has 1 atom stereocenters. The summed E-state index contributed by atoms with van der Waals surface area (Å²) in [5.41, 5.74) is 1.14. The van der Waals surface area contributed by atoms with Gasteiger partial charge in [0, 0.05) is 0 Å². The van der Waals surface area contributed by atoms with Crippen LogP contribution in [0.3, 0.4) is 0 Å². The molecule has 110 valence electrons. The van der Waals surface area contributed by atoms with Crippen LogP contribution in [0.2, 0.25) is 5.02 Å². The Kier molecular flexibility index (Phi) is 4.91. The van der Waals surface area contributed by atoms with E-state index in [0.29, 0.717) is 11.1 Å². The van der Waals surface area contributed by atoms with Crippen LogP contribution in [0, 0.1) is 17.6 Å². The molecule has 0 fully saturated rings. The van der Waals surface area contributed by atoms with E-state index in [2.05, 4.69) is 0 Å². The highest BCUT2D eigenvalue weighted by molar-refractivity contribution is 6.30. The van der Waals surface area contributed by atoms with Crippen molar-refractivity contribution in [3.8, 4) is 0 Å². The fourth-order valence-electron chi connectivity index (χ4n) is 2.15. The highest BCUT2D eigenvalue weighted by atomic mass is 35.5. The maximum atomic E-state index is 13.4. The molecule has 2 rings (SSSR count). The standard InChI is InChI=1S/C16H13ClF2O2/c17-14-5-4-11(9-15(14)19)7-12(16(20)21)6-10-2-1-3-13(18)8-10/h1-5,8-9,12H,6-7H2,(H,20,21). The third kappa shape index (κ3) is 4.26. The van der Waals surface area contributed by atoms with Gasteiger partial charge in [0.15, 0.2) is 0 Å². The minimum Gasteiger partial charge on any atom is -0.481 e. The van der Waals surface area contributed by atoms with Gasteiger partial charge in [0.2, 0.25) is 0 Å². The molecule has 0 amide bonds. The Morgan fingerprint density at radius 3 is 2.33 bits per heavy atom. The first-order chi connectivity index (χ1) is 9.95. The number of hydrogen-bond acceptors (Lipinski definition) is 1. The van der Waals surface area contributed by atoms with Crippen LogP contribution in [0.4, 0.5) is 8.78 Å². The van der Waals surface area contributed by atoms with Gasteiger partial charge in [-0.25, -0.2) is 8.78 Å². The van der Waals surface area contributed by atoms with Gasteiger partial charge in [-0.05, 0) is 48.2 Å². The molecule has 0 spiro atoms. The second-order valence-corrected chi connectivity index (χ2v) is 5.23. The first-order valence-electron chi connectivity index (χ1n) is 6.37. The molecule has 0 heterocycles. The van der Waals surface area contributed by atoms with Crippen molar-refractivity contribution >= 4 is 17.6 Å². The van der Waals surface area contributed by atoms with E-state index in [1.807, 2.05) is 0 Å². The summed E-state index contributed by atoms with van der Waals surface area (Å²) in [4.78, 5) is 11.3. The lowest BCUT2D eigenvalue weighted by Gasteiger charge is -2.13. The molecule has 0 aliphatic carbocycles. The number of aliphatic carboxylic acids is 1. The molecule has 0 aliphatic heterocycles. The normalized spacial score (nSPS) is 12.1. The Morgan fingerprint density at radius 1 is 1.10 bits per heavy atom. The number of benzene rings is 2. The molecule has 0 saturated heterocycles. The lowest BCUT2D eigenvalue weighted by Crippen LogP contribution is -2.19. The SMILES string of the molecule is O=C(O)C(Cc1cccc(F)c1)Cc1ccc(Cl)c(F)c1. The molecule has 0 bridgehead atoms. The average Bonchev–Trinajstić information content (AvgIpc) is 2.42. The Hall–Kier alpha value is -1.94. The minimum absolute atomic E-state index is 0.00393. The zero-order valence-corrected chi connectivity index (χ0v) is 11.8. The topological polar surface area (TPSA) is 37.3 Å². The highest BCUT2D eigenvalue weighted by Crippen LogP contribution is 2.20. The molecule has 2 nitrogen and oxygen atoms in total. The van der Waals surface area contributed by atoms with Gasteiger partial charge in [-0.3, -0.25) is 4.79 Å². The van der Waals surface area contributed by atoms with Crippen LogP contribution in [0.5, 0.6) is 0 Å². The van der Waals surface area contributed by atoms with E-state index in [4.69, 9.17) is 11.6 Å². The number of halogens is 3. The molecule has 0 saturated carbocycles. The summed E-state index contributed by atoms with van der Waals surface area (Å²) >= 11 is 5.59. The molecule has 0 aromatic heterocycles. The number of carbonyl (C=O) groups is 1. The van der Waals surface area contributed by atoms with Crippen LogP contribution in [0.15, 0.2) is 42.5 Å². The van der Waals surface area contributed by atoms with Gasteiger partial charge >= 0.3 is 5.97 Å². The Labute approximate surface area is 126 Å². The molecule has 0 radical (unpaired) electrons. The Bertz CT molecular complexity index is 658. The van der Waals surface area contributed by atoms with Crippen LogP contribution in [-0.4, -0.2) is 11.1 Å². The number of hydrogen-bond donors (Lipinski definition) is 1. The highest BCUT2D eigenvalue weighted by Gasteiger charge is 2.19. The van der Waals surface area contributed by atoms with Gasteiger partial charge < -0.3 is 5.11 Å². The van der Waals surface area contributed by atoms with E-state index in [-0.39, 0.29) is 17.9 Å². The predicted octanol–water partition coefficient (Wildman–Crippen LogP) is 4.10. The van der Waals surface area contributed by atoms with E-state index in [1.54, 1.807) is 12.1 Å². The third-order valence-electron chi connectivity index (χ3n) is 3.19. The Balaban J connectivity index is 2.15. The van der Waals surface area contributed by atoms with E-state index in [0.717, 1.165) is 0 Å². The first kappa shape index (κ1) is 15.4. The minimum atomic E-state index is -1.00. The van der Waals surface area contributed by atoms with Crippen LogP contribution in [-0.2, 0) is 17.6 Å². The fraction of sp³-hybridized carbons (Fsp3) is 0.188. The third-order valence-corrected chi connectivity index (χ3v) is 3.49. The summed E-state index contributed by atoms with van der Waals surface area (Å²) < 4.78 is 26.5. The number of carboxylic acids is 1. The molecule has 21 heavy (non-hydrogen) atoms. The summed E-state index contributed by atoms with van der Waals surface area (Å²) in [6.45, 7) is 0. The zero-order valence-electron chi connectivity index (χ0n) is 11.0. The smallest absolute Gasteiger partial charge is 0.307 e. The summed E-state index contributed by atoms with van der Waals surface area (Å²) in [5, 5.41) is 9.27. The van der Waals surface area contributed by atoms with Crippen molar-refractivity contribution in [3.05, 3.63) is 70.2 Å². The second kappa shape index (κ2) is 6.68. The molecule has 2 aromatic carbocycles. The van der Waals surface area contributed by atoms with Crippen LogP contribution in [0.25, 0.3) is 0 Å². The molecule has 0 aliphatic rings. The first-order valence-corrected chi connectivity index (χ1v) is 6.74. The van der Waals surface area contributed by atoms with Gasteiger partial charge in [-0.15, -0.1) is 0 Å². The quantitative estimate of drug-likeness (QED) is 0.902. The number of rotatable bonds is 5. The lowest BCUT2D eigenvalue weighted by molar-refractivity contribution is -0.141. The van der Waals surface area contributed by atoms with Crippen molar-refractivity contribution in [1.82, 2.24) is 0 Å². The largest absolute Gasteiger partial charge is 0.481 e.